The molecule has 0 radical (unpaired) electrons. The fraction of sp³-hybridized carbons (Fsp3) is 0. The molecule has 90 valence electrons. The van der Waals surface area contributed by atoms with E-state index in [0.717, 1.165) is 11.3 Å². The molecule has 0 saturated heterocycles. The topological polar surface area (TPSA) is 30.2 Å². The van der Waals surface area contributed by atoms with Gasteiger partial charge in [-0.15, -0.1) is 0 Å². The summed E-state index contributed by atoms with van der Waals surface area (Å²) in [6.07, 6.45) is 7.62. The maximum absolute atomic E-state index is 4.38. The first kappa shape index (κ1) is 10.3. The van der Waals surface area contributed by atoms with E-state index in [1.807, 2.05) is 16.8 Å². The summed E-state index contributed by atoms with van der Waals surface area (Å²) in [6, 6.07) is 14.7. The minimum atomic E-state index is 0.726. The van der Waals surface area contributed by atoms with Gasteiger partial charge >= 0.3 is 0 Å². The van der Waals surface area contributed by atoms with E-state index >= 15 is 0 Å². The lowest BCUT2D eigenvalue weighted by molar-refractivity contribution is 1.11. The van der Waals surface area contributed by atoms with Gasteiger partial charge in [-0.2, -0.15) is 0 Å². The Bertz CT molecular complexity index is 872. The van der Waals surface area contributed by atoms with Gasteiger partial charge in [0.1, 0.15) is 0 Å². The summed E-state index contributed by atoms with van der Waals surface area (Å²) >= 11 is 0. The molecule has 4 rings (SSSR count). The van der Waals surface area contributed by atoms with Crippen molar-refractivity contribution < 1.29 is 0 Å². The number of hydrogen-bond acceptors (Lipinski definition) is 2. The normalized spacial score (nSPS) is 11.2. The number of imidazole rings is 1. The quantitative estimate of drug-likeness (QED) is 0.513. The van der Waals surface area contributed by atoms with Gasteiger partial charge in [-0.05, 0) is 16.3 Å². The average Bonchev–Trinajstić information content (AvgIpc) is 2.94. The third-order valence-corrected chi connectivity index (χ3v) is 3.35. The van der Waals surface area contributed by atoms with Gasteiger partial charge in [-0.1, -0.05) is 42.5 Å². The number of rotatable bonds is 1. The third-order valence-electron chi connectivity index (χ3n) is 3.35. The zero-order chi connectivity index (χ0) is 12.7. The van der Waals surface area contributed by atoms with Crippen molar-refractivity contribution in [3.8, 4) is 11.1 Å². The Hall–Kier alpha value is -2.68. The summed E-state index contributed by atoms with van der Waals surface area (Å²) in [5.74, 6) is 0.726. The summed E-state index contributed by atoms with van der Waals surface area (Å²) in [5.41, 5.74) is 2.29. The van der Waals surface area contributed by atoms with Gasteiger partial charge in [0.05, 0.1) is 0 Å². The van der Waals surface area contributed by atoms with Crippen molar-refractivity contribution in [2.24, 2.45) is 0 Å². The highest BCUT2D eigenvalue weighted by Crippen LogP contribution is 2.27. The van der Waals surface area contributed by atoms with Crippen LogP contribution in [-0.2, 0) is 0 Å². The van der Waals surface area contributed by atoms with E-state index in [1.165, 1.54) is 16.3 Å². The van der Waals surface area contributed by atoms with Gasteiger partial charge in [0.2, 0.25) is 5.78 Å². The van der Waals surface area contributed by atoms with Crippen molar-refractivity contribution in [3.63, 3.8) is 0 Å². The number of fused-ring (bicyclic) bond motifs is 2. The minimum Gasteiger partial charge on any atom is -0.291 e. The summed E-state index contributed by atoms with van der Waals surface area (Å²) < 4.78 is 1.94. The molecule has 0 aliphatic carbocycles. The molecule has 0 aliphatic rings. The average molecular weight is 245 g/mol. The molecule has 0 N–H and O–H groups in total. The summed E-state index contributed by atoms with van der Waals surface area (Å²) in [5, 5.41) is 2.48. The Labute approximate surface area is 110 Å². The van der Waals surface area contributed by atoms with E-state index in [4.69, 9.17) is 0 Å². The van der Waals surface area contributed by atoms with Crippen molar-refractivity contribution in [1.82, 2.24) is 14.4 Å². The SMILES string of the molecule is c1ccc2c(-c3cnc4nccn4c3)cccc2c1. The Kier molecular flexibility index (Phi) is 2.12. The zero-order valence-corrected chi connectivity index (χ0v) is 10.2. The molecular weight excluding hydrogens is 234 g/mol. The van der Waals surface area contributed by atoms with Crippen LogP contribution in [0.5, 0.6) is 0 Å². The molecule has 0 bridgehead atoms. The van der Waals surface area contributed by atoms with Crippen molar-refractivity contribution >= 4 is 16.6 Å². The Morgan fingerprint density at radius 3 is 2.79 bits per heavy atom. The summed E-state index contributed by atoms with van der Waals surface area (Å²) in [4.78, 5) is 8.54. The second-order valence-corrected chi connectivity index (χ2v) is 4.50. The number of aromatic nitrogens is 3. The van der Waals surface area contributed by atoms with Crippen LogP contribution in [0.1, 0.15) is 0 Å². The van der Waals surface area contributed by atoms with E-state index in [0.29, 0.717) is 0 Å². The zero-order valence-electron chi connectivity index (χ0n) is 10.2. The maximum atomic E-state index is 4.38. The molecule has 0 spiro atoms. The van der Waals surface area contributed by atoms with Crippen LogP contribution in [0.15, 0.2) is 67.3 Å². The van der Waals surface area contributed by atoms with Crippen LogP contribution >= 0.6 is 0 Å². The van der Waals surface area contributed by atoms with Crippen molar-refractivity contribution in [2.45, 2.75) is 0 Å². The number of hydrogen-bond donors (Lipinski definition) is 0. The van der Waals surface area contributed by atoms with Crippen molar-refractivity contribution in [1.29, 1.82) is 0 Å². The summed E-state index contributed by atoms with van der Waals surface area (Å²) in [6.45, 7) is 0. The van der Waals surface area contributed by atoms with Gasteiger partial charge in [0, 0.05) is 30.4 Å². The molecule has 3 heteroatoms. The fourth-order valence-corrected chi connectivity index (χ4v) is 2.43. The lowest BCUT2D eigenvalue weighted by Crippen LogP contribution is -1.90. The van der Waals surface area contributed by atoms with Crippen LogP contribution in [-0.4, -0.2) is 14.4 Å². The highest BCUT2D eigenvalue weighted by Gasteiger charge is 2.05. The Morgan fingerprint density at radius 1 is 0.895 bits per heavy atom. The fourth-order valence-electron chi connectivity index (χ4n) is 2.43. The van der Waals surface area contributed by atoms with Crippen LogP contribution in [0.3, 0.4) is 0 Å². The molecule has 2 aromatic carbocycles. The van der Waals surface area contributed by atoms with Crippen molar-refractivity contribution in [2.75, 3.05) is 0 Å². The standard InChI is InChI=1S/C16H11N3/c1-2-6-14-12(4-1)5-3-7-15(14)13-10-18-16-17-8-9-19(16)11-13/h1-11H. The minimum absolute atomic E-state index is 0.726. The molecule has 0 aliphatic heterocycles. The van der Waals surface area contributed by atoms with Gasteiger partial charge < -0.3 is 0 Å². The van der Waals surface area contributed by atoms with Gasteiger partial charge in [-0.25, -0.2) is 9.97 Å². The Balaban J connectivity index is 2.03. The molecule has 0 saturated carbocycles. The lowest BCUT2D eigenvalue weighted by Gasteiger charge is -2.06. The highest BCUT2D eigenvalue weighted by molar-refractivity contribution is 5.96. The second kappa shape index (κ2) is 3.92. The molecule has 0 amide bonds. The first-order valence-corrected chi connectivity index (χ1v) is 6.19. The predicted molar refractivity (Wildman–Crippen MR) is 75.9 cm³/mol. The van der Waals surface area contributed by atoms with E-state index in [9.17, 15) is 0 Å². The van der Waals surface area contributed by atoms with E-state index in [1.54, 1.807) is 6.20 Å². The molecule has 19 heavy (non-hydrogen) atoms. The molecule has 0 atom stereocenters. The van der Waals surface area contributed by atoms with E-state index in [-0.39, 0.29) is 0 Å². The van der Waals surface area contributed by atoms with Crippen LogP contribution in [0.4, 0.5) is 0 Å². The highest BCUT2D eigenvalue weighted by atomic mass is 15.1. The molecule has 0 unspecified atom stereocenters. The molecule has 4 aromatic rings. The smallest absolute Gasteiger partial charge is 0.233 e. The molecule has 3 nitrogen and oxygen atoms in total. The number of benzene rings is 2. The Morgan fingerprint density at radius 2 is 1.79 bits per heavy atom. The van der Waals surface area contributed by atoms with Gasteiger partial charge in [0.15, 0.2) is 0 Å². The number of nitrogens with zero attached hydrogens (tertiary/aromatic N) is 3. The van der Waals surface area contributed by atoms with Crippen molar-refractivity contribution in [3.05, 3.63) is 67.3 Å². The molecule has 2 heterocycles. The monoisotopic (exact) mass is 245 g/mol. The van der Waals surface area contributed by atoms with Crippen LogP contribution in [0.2, 0.25) is 0 Å². The third kappa shape index (κ3) is 1.59. The van der Waals surface area contributed by atoms with Crippen LogP contribution in [0, 0.1) is 0 Å². The molecule has 2 aromatic heterocycles. The largest absolute Gasteiger partial charge is 0.291 e. The molecular formula is C16H11N3. The summed E-state index contributed by atoms with van der Waals surface area (Å²) in [7, 11) is 0. The first-order chi connectivity index (χ1) is 9.42. The van der Waals surface area contributed by atoms with E-state index in [2.05, 4.69) is 58.6 Å². The predicted octanol–water partition coefficient (Wildman–Crippen LogP) is 3.55. The lowest BCUT2D eigenvalue weighted by atomic mass is 10.0. The van der Waals surface area contributed by atoms with Gasteiger partial charge in [-0.3, -0.25) is 4.40 Å². The van der Waals surface area contributed by atoms with Crippen LogP contribution < -0.4 is 0 Å². The van der Waals surface area contributed by atoms with E-state index < -0.39 is 0 Å². The van der Waals surface area contributed by atoms with Gasteiger partial charge in [0.25, 0.3) is 0 Å². The first-order valence-electron chi connectivity index (χ1n) is 6.19. The molecule has 0 fully saturated rings. The van der Waals surface area contributed by atoms with Crippen LogP contribution in [0.25, 0.3) is 27.7 Å². The maximum Gasteiger partial charge on any atom is 0.233 e. The second-order valence-electron chi connectivity index (χ2n) is 4.50.